The number of fused-ring (bicyclic) bond motifs is 1. The van der Waals surface area contributed by atoms with Gasteiger partial charge in [0.1, 0.15) is 0 Å². The predicted octanol–water partition coefficient (Wildman–Crippen LogP) is 4.35. The minimum Gasteiger partial charge on any atom is -0.354 e. The number of aromatic nitrogens is 2. The van der Waals surface area contributed by atoms with Crippen molar-refractivity contribution in [2.45, 2.75) is 0 Å². The maximum atomic E-state index is 11.4. The standard InChI is InChI=1S/C14H8Cl2N2O/c15-9-5-11(16)13-10(7-19)14(18-12(13)6-9)8-1-3-17-4-2-8/h1-7,18H. The molecule has 0 atom stereocenters. The molecule has 0 amide bonds. The monoisotopic (exact) mass is 290 g/mol. The first kappa shape index (κ1) is 12.2. The molecule has 0 saturated heterocycles. The molecule has 0 aliphatic heterocycles. The van der Waals surface area contributed by atoms with E-state index in [2.05, 4.69) is 9.97 Å². The second-order valence-electron chi connectivity index (χ2n) is 4.08. The lowest BCUT2D eigenvalue weighted by molar-refractivity contribution is 0.112. The van der Waals surface area contributed by atoms with E-state index in [9.17, 15) is 4.79 Å². The summed E-state index contributed by atoms with van der Waals surface area (Å²) < 4.78 is 0. The van der Waals surface area contributed by atoms with Crippen LogP contribution in [0.3, 0.4) is 0 Å². The van der Waals surface area contributed by atoms with Crippen molar-refractivity contribution in [3.8, 4) is 11.3 Å². The number of rotatable bonds is 2. The van der Waals surface area contributed by atoms with Gasteiger partial charge in [0.05, 0.1) is 10.7 Å². The SMILES string of the molecule is O=Cc1c(-c2ccncc2)[nH]c2cc(Cl)cc(Cl)c12. The van der Waals surface area contributed by atoms with Crippen LogP contribution < -0.4 is 0 Å². The highest BCUT2D eigenvalue weighted by Gasteiger charge is 2.15. The van der Waals surface area contributed by atoms with E-state index in [0.29, 0.717) is 21.0 Å². The van der Waals surface area contributed by atoms with Crippen LogP contribution in [0.15, 0.2) is 36.7 Å². The summed E-state index contributed by atoms with van der Waals surface area (Å²) in [4.78, 5) is 18.5. The first-order valence-corrected chi connectivity index (χ1v) is 6.32. The number of hydrogen-bond donors (Lipinski definition) is 1. The topological polar surface area (TPSA) is 45.8 Å². The Morgan fingerprint density at radius 2 is 1.89 bits per heavy atom. The number of nitrogens with one attached hydrogen (secondary N) is 1. The third-order valence-corrected chi connectivity index (χ3v) is 3.46. The van der Waals surface area contributed by atoms with E-state index in [1.165, 1.54) is 0 Å². The minimum atomic E-state index is 0.459. The van der Waals surface area contributed by atoms with E-state index in [4.69, 9.17) is 23.2 Å². The van der Waals surface area contributed by atoms with Gasteiger partial charge in [0, 0.05) is 39.4 Å². The lowest BCUT2D eigenvalue weighted by atomic mass is 10.1. The Bertz CT molecular complexity index is 766. The average molecular weight is 291 g/mol. The van der Waals surface area contributed by atoms with Crippen molar-refractivity contribution in [2.24, 2.45) is 0 Å². The van der Waals surface area contributed by atoms with Gasteiger partial charge in [-0.3, -0.25) is 9.78 Å². The Hall–Kier alpha value is -1.84. The first-order valence-electron chi connectivity index (χ1n) is 5.57. The molecule has 0 unspecified atom stereocenters. The van der Waals surface area contributed by atoms with Crippen molar-refractivity contribution in [1.82, 2.24) is 9.97 Å². The van der Waals surface area contributed by atoms with Gasteiger partial charge < -0.3 is 4.98 Å². The number of halogens is 2. The fourth-order valence-electron chi connectivity index (χ4n) is 2.14. The molecule has 94 valence electrons. The van der Waals surface area contributed by atoms with Gasteiger partial charge in [-0.15, -0.1) is 0 Å². The molecule has 5 heteroatoms. The van der Waals surface area contributed by atoms with E-state index >= 15 is 0 Å². The second-order valence-corrected chi connectivity index (χ2v) is 4.92. The molecule has 3 aromatic rings. The Morgan fingerprint density at radius 1 is 1.16 bits per heavy atom. The number of hydrogen-bond acceptors (Lipinski definition) is 2. The number of aldehydes is 1. The van der Waals surface area contributed by atoms with Crippen LogP contribution in [-0.2, 0) is 0 Å². The minimum absolute atomic E-state index is 0.459. The quantitative estimate of drug-likeness (QED) is 0.713. The highest BCUT2D eigenvalue weighted by atomic mass is 35.5. The number of carbonyl (C=O) groups excluding carboxylic acids is 1. The van der Waals surface area contributed by atoms with Crippen LogP contribution in [0.2, 0.25) is 10.0 Å². The summed E-state index contributed by atoms with van der Waals surface area (Å²) in [5, 5.41) is 1.67. The van der Waals surface area contributed by atoms with Crippen LogP contribution in [0.25, 0.3) is 22.2 Å². The first-order chi connectivity index (χ1) is 9.20. The normalized spacial score (nSPS) is 10.8. The average Bonchev–Trinajstić information content (AvgIpc) is 2.78. The fourth-order valence-corrected chi connectivity index (χ4v) is 2.73. The molecule has 1 N–H and O–H groups in total. The number of aromatic amines is 1. The molecule has 1 aromatic carbocycles. The van der Waals surface area contributed by atoms with Crippen molar-refractivity contribution in [2.75, 3.05) is 0 Å². The number of H-pyrrole nitrogens is 1. The van der Waals surface area contributed by atoms with Gasteiger partial charge in [-0.2, -0.15) is 0 Å². The zero-order valence-corrected chi connectivity index (χ0v) is 11.2. The van der Waals surface area contributed by atoms with Crippen LogP contribution >= 0.6 is 23.2 Å². The predicted molar refractivity (Wildman–Crippen MR) is 76.9 cm³/mol. The molecular formula is C14H8Cl2N2O. The molecule has 3 nitrogen and oxygen atoms in total. The van der Waals surface area contributed by atoms with Gasteiger partial charge in [-0.05, 0) is 24.3 Å². The second kappa shape index (κ2) is 4.68. The summed E-state index contributed by atoms with van der Waals surface area (Å²) in [6, 6.07) is 7.03. The van der Waals surface area contributed by atoms with Crippen LogP contribution in [-0.4, -0.2) is 16.3 Å². The molecule has 0 aliphatic rings. The van der Waals surface area contributed by atoms with E-state index < -0.39 is 0 Å². The number of pyridine rings is 1. The van der Waals surface area contributed by atoms with Gasteiger partial charge in [0.2, 0.25) is 0 Å². The molecular weight excluding hydrogens is 283 g/mol. The lowest BCUT2D eigenvalue weighted by Gasteiger charge is -1.98. The summed E-state index contributed by atoms with van der Waals surface area (Å²) in [6.07, 6.45) is 4.14. The van der Waals surface area contributed by atoms with Crippen molar-refractivity contribution in [3.05, 3.63) is 52.3 Å². The zero-order valence-electron chi connectivity index (χ0n) is 9.65. The molecule has 19 heavy (non-hydrogen) atoms. The highest BCUT2D eigenvalue weighted by molar-refractivity contribution is 6.39. The van der Waals surface area contributed by atoms with E-state index in [-0.39, 0.29) is 0 Å². The van der Waals surface area contributed by atoms with Gasteiger partial charge in [-0.25, -0.2) is 0 Å². The maximum Gasteiger partial charge on any atom is 0.152 e. The number of nitrogens with zero attached hydrogens (tertiary/aromatic N) is 1. The Kier molecular flexibility index (Phi) is 3.01. The van der Waals surface area contributed by atoms with Gasteiger partial charge in [0.15, 0.2) is 6.29 Å². The lowest BCUT2D eigenvalue weighted by Crippen LogP contribution is -1.84. The third kappa shape index (κ3) is 2.01. The van der Waals surface area contributed by atoms with Gasteiger partial charge in [-0.1, -0.05) is 23.2 Å². The molecule has 0 fully saturated rings. The van der Waals surface area contributed by atoms with Crippen LogP contribution in [0.5, 0.6) is 0 Å². The van der Waals surface area contributed by atoms with Crippen LogP contribution in [0.4, 0.5) is 0 Å². The van der Waals surface area contributed by atoms with E-state index in [0.717, 1.165) is 23.1 Å². The third-order valence-electron chi connectivity index (χ3n) is 2.94. The van der Waals surface area contributed by atoms with Gasteiger partial charge >= 0.3 is 0 Å². The zero-order chi connectivity index (χ0) is 13.4. The summed E-state index contributed by atoms with van der Waals surface area (Å²) in [6.45, 7) is 0. The fraction of sp³-hybridized carbons (Fsp3) is 0. The summed E-state index contributed by atoms with van der Waals surface area (Å²) in [5.74, 6) is 0. The molecule has 0 saturated carbocycles. The molecule has 0 spiro atoms. The van der Waals surface area contributed by atoms with E-state index in [1.54, 1.807) is 24.5 Å². The summed E-state index contributed by atoms with van der Waals surface area (Å²) >= 11 is 12.1. The summed E-state index contributed by atoms with van der Waals surface area (Å²) in [5.41, 5.74) is 2.87. The molecule has 0 aliphatic carbocycles. The van der Waals surface area contributed by atoms with Gasteiger partial charge in [0.25, 0.3) is 0 Å². The Labute approximate surface area is 119 Å². The molecule has 3 rings (SSSR count). The molecule has 0 radical (unpaired) electrons. The Balaban J connectivity index is 2.38. The number of benzene rings is 1. The smallest absolute Gasteiger partial charge is 0.152 e. The van der Waals surface area contributed by atoms with Crippen LogP contribution in [0, 0.1) is 0 Å². The van der Waals surface area contributed by atoms with Crippen molar-refractivity contribution >= 4 is 40.4 Å². The molecule has 2 heterocycles. The van der Waals surface area contributed by atoms with Crippen molar-refractivity contribution in [1.29, 1.82) is 0 Å². The number of carbonyl (C=O) groups is 1. The highest BCUT2D eigenvalue weighted by Crippen LogP contribution is 2.35. The van der Waals surface area contributed by atoms with Crippen LogP contribution in [0.1, 0.15) is 10.4 Å². The largest absolute Gasteiger partial charge is 0.354 e. The summed E-state index contributed by atoms with van der Waals surface area (Å²) in [7, 11) is 0. The van der Waals surface area contributed by atoms with Crippen molar-refractivity contribution in [3.63, 3.8) is 0 Å². The maximum absolute atomic E-state index is 11.4. The van der Waals surface area contributed by atoms with E-state index in [1.807, 2.05) is 12.1 Å². The molecule has 0 bridgehead atoms. The van der Waals surface area contributed by atoms with Crippen molar-refractivity contribution < 1.29 is 4.79 Å². The molecule has 2 aromatic heterocycles. The Morgan fingerprint density at radius 3 is 2.58 bits per heavy atom.